The van der Waals surface area contributed by atoms with Crippen LogP contribution in [0.15, 0.2) is 59.5 Å². The van der Waals surface area contributed by atoms with Gasteiger partial charge < -0.3 is 10.1 Å². The first-order valence-electron chi connectivity index (χ1n) is 9.05. The van der Waals surface area contributed by atoms with Crippen LogP contribution in [0, 0.1) is 0 Å². The van der Waals surface area contributed by atoms with Crippen molar-refractivity contribution in [3.05, 3.63) is 60.2 Å². The van der Waals surface area contributed by atoms with Crippen LogP contribution in [0.1, 0.15) is 30.1 Å². The molecule has 2 aromatic carbocycles. The molecule has 0 aliphatic carbocycles. The van der Waals surface area contributed by atoms with Crippen LogP contribution in [0.25, 0.3) is 0 Å². The zero-order chi connectivity index (χ0) is 21.0. The molecule has 1 aliphatic rings. The number of sulfonamides is 1. The lowest BCUT2D eigenvalue weighted by Crippen LogP contribution is -2.45. The second-order valence-electron chi connectivity index (χ2n) is 6.35. The maximum absolute atomic E-state index is 12.9. The first kappa shape index (κ1) is 20.5. The number of carbonyl (C=O) groups is 3. The number of amides is 2. The largest absolute Gasteiger partial charge is 0.462 e. The van der Waals surface area contributed by atoms with Crippen LogP contribution in [0.2, 0.25) is 0 Å². The molecule has 0 aromatic heterocycles. The van der Waals surface area contributed by atoms with E-state index >= 15 is 0 Å². The van der Waals surface area contributed by atoms with Crippen molar-refractivity contribution in [2.45, 2.75) is 30.7 Å². The second kappa shape index (κ2) is 8.44. The fourth-order valence-electron chi connectivity index (χ4n) is 3.04. The van der Waals surface area contributed by atoms with Crippen molar-refractivity contribution in [2.24, 2.45) is 0 Å². The molecule has 1 heterocycles. The summed E-state index contributed by atoms with van der Waals surface area (Å²) < 4.78 is 31.3. The summed E-state index contributed by atoms with van der Waals surface area (Å²) in [4.78, 5) is 36.6. The maximum Gasteiger partial charge on any atom is 0.338 e. The minimum Gasteiger partial charge on any atom is -0.462 e. The summed E-state index contributed by atoms with van der Waals surface area (Å²) in [5.41, 5.74) is 0.702. The Kier molecular flexibility index (Phi) is 5.97. The van der Waals surface area contributed by atoms with E-state index in [1.165, 1.54) is 36.4 Å². The Labute approximate surface area is 168 Å². The average Bonchev–Trinajstić information content (AvgIpc) is 3.12. The standard InChI is InChI=1S/C20H20N2O6S/c1-2-28-20(25)14-8-10-15(11-9-14)21-19(24)17-12-13-18(23)22(17)29(26,27)16-6-4-3-5-7-16/h3-11,17H,2,12-13H2,1H3,(H,21,24). The van der Waals surface area contributed by atoms with Gasteiger partial charge in [-0.1, -0.05) is 18.2 Å². The summed E-state index contributed by atoms with van der Waals surface area (Å²) in [6.07, 6.45) is 0.0591. The van der Waals surface area contributed by atoms with Crippen molar-refractivity contribution in [2.75, 3.05) is 11.9 Å². The molecular formula is C20H20N2O6S. The van der Waals surface area contributed by atoms with Gasteiger partial charge in [0.2, 0.25) is 11.8 Å². The molecule has 1 N–H and O–H groups in total. The molecule has 8 nitrogen and oxygen atoms in total. The van der Waals surface area contributed by atoms with Gasteiger partial charge in [0.05, 0.1) is 17.1 Å². The third kappa shape index (κ3) is 4.29. The summed E-state index contributed by atoms with van der Waals surface area (Å²) in [5.74, 6) is -1.71. The van der Waals surface area contributed by atoms with E-state index in [2.05, 4.69) is 5.32 Å². The maximum atomic E-state index is 12.9. The molecule has 29 heavy (non-hydrogen) atoms. The van der Waals surface area contributed by atoms with E-state index in [1.807, 2.05) is 0 Å². The number of benzene rings is 2. The Bertz CT molecular complexity index is 1020. The molecule has 1 fully saturated rings. The number of nitrogens with one attached hydrogen (secondary N) is 1. The van der Waals surface area contributed by atoms with Crippen molar-refractivity contribution < 1.29 is 27.5 Å². The predicted molar refractivity (Wildman–Crippen MR) is 105 cm³/mol. The van der Waals surface area contributed by atoms with Crippen molar-refractivity contribution >= 4 is 33.5 Å². The van der Waals surface area contributed by atoms with Gasteiger partial charge in [0.1, 0.15) is 6.04 Å². The normalized spacial score (nSPS) is 16.5. The van der Waals surface area contributed by atoms with Crippen molar-refractivity contribution in [1.82, 2.24) is 4.31 Å². The van der Waals surface area contributed by atoms with E-state index < -0.39 is 33.8 Å². The zero-order valence-corrected chi connectivity index (χ0v) is 16.5. The van der Waals surface area contributed by atoms with Gasteiger partial charge in [0.25, 0.3) is 10.0 Å². The lowest BCUT2D eigenvalue weighted by Gasteiger charge is -2.23. The Balaban J connectivity index is 1.78. The molecule has 3 rings (SSSR count). The van der Waals surface area contributed by atoms with Crippen LogP contribution in [0.5, 0.6) is 0 Å². The van der Waals surface area contributed by atoms with E-state index in [-0.39, 0.29) is 24.3 Å². The number of nitrogens with zero attached hydrogens (tertiary/aromatic N) is 1. The van der Waals surface area contributed by atoms with E-state index in [9.17, 15) is 22.8 Å². The highest BCUT2D eigenvalue weighted by atomic mass is 32.2. The van der Waals surface area contributed by atoms with Gasteiger partial charge in [-0.3, -0.25) is 9.59 Å². The highest BCUT2D eigenvalue weighted by molar-refractivity contribution is 7.89. The predicted octanol–water partition coefficient (Wildman–Crippen LogP) is 2.18. The van der Waals surface area contributed by atoms with Gasteiger partial charge in [-0.2, -0.15) is 0 Å². The quantitative estimate of drug-likeness (QED) is 0.723. The number of esters is 1. The van der Waals surface area contributed by atoms with Gasteiger partial charge >= 0.3 is 5.97 Å². The molecule has 152 valence electrons. The topological polar surface area (TPSA) is 110 Å². The van der Waals surface area contributed by atoms with Gasteiger partial charge in [0, 0.05) is 12.1 Å². The highest BCUT2D eigenvalue weighted by Gasteiger charge is 2.44. The van der Waals surface area contributed by atoms with Gasteiger partial charge in [-0.15, -0.1) is 0 Å². The van der Waals surface area contributed by atoms with Crippen molar-refractivity contribution in [3.8, 4) is 0 Å². The first-order chi connectivity index (χ1) is 13.8. The molecule has 1 unspecified atom stereocenters. The molecular weight excluding hydrogens is 396 g/mol. The molecule has 2 aromatic rings. The Morgan fingerprint density at radius 1 is 1.10 bits per heavy atom. The monoisotopic (exact) mass is 416 g/mol. The number of ether oxygens (including phenoxy) is 1. The summed E-state index contributed by atoms with van der Waals surface area (Å²) >= 11 is 0. The van der Waals surface area contributed by atoms with E-state index in [0.29, 0.717) is 15.6 Å². The highest BCUT2D eigenvalue weighted by Crippen LogP contribution is 2.28. The van der Waals surface area contributed by atoms with Crippen LogP contribution in [0.4, 0.5) is 5.69 Å². The third-order valence-corrected chi connectivity index (χ3v) is 6.27. The minimum atomic E-state index is -4.14. The summed E-state index contributed by atoms with van der Waals surface area (Å²) in [6, 6.07) is 12.4. The number of hydrogen-bond donors (Lipinski definition) is 1. The molecule has 1 saturated heterocycles. The van der Waals surface area contributed by atoms with E-state index in [0.717, 1.165) is 0 Å². The number of anilines is 1. The lowest BCUT2D eigenvalue weighted by atomic mass is 10.2. The van der Waals surface area contributed by atoms with Gasteiger partial charge in [0.15, 0.2) is 0 Å². The molecule has 2 amide bonds. The van der Waals surface area contributed by atoms with Crippen LogP contribution in [0.3, 0.4) is 0 Å². The van der Waals surface area contributed by atoms with Gasteiger partial charge in [-0.05, 0) is 49.7 Å². The van der Waals surface area contributed by atoms with Crippen LogP contribution in [-0.4, -0.2) is 43.2 Å². The summed E-state index contributed by atoms with van der Waals surface area (Å²) in [6.45, 7) is 1.95. The number of carbonyl (C=O) groups excluding carboxylic acids is 3. The molecule has 0 bridgehead atoms. The Morgan fingerprint density at radius 2 is 1.76 bits per heavy atom. The minimum absolute atomic E-state index is 0.0358. The number of hydrogen-bond acceptors (Lipinski definition) is 6. The molecule has 1 aliphatic heterocycles. The van der Waals surface area contributed by atoms with Crippen LogP contribution in [-0.2, 0) is 24.3 Å². The number of rotatable bonds is 6. The molecule has 0 radical (unpaired) electrons. The van der Waals surface area contributed by atoms with Crippen LogP contribution >= 0.6 is 0 Å². The fourth-order valence-corrected chi connectivity index (χ4v) is 4.66. The van der Waals surface area contributed by atoms with Crippen molar-refractivity contribution in [1.29, 1.82) is 0 Å². The second-order valence-corrected chi connectivity index (χ2v) is 8.16. The lowest BCUT2D eigenvalue weighted by molar-refractivity contribution is -0.128. The smallest absolute Gasteiger partial charge is 0.338 e. The molecule has 1 atom stereocenters. The average molecular weight is 416 g/mol. The third-order valence-electron chi connectivity index (χ3n) is 4.43. The first-order valence-corrected chi connectivity index (χ1v) is 10.5. The fraction of sp³-hybridized carbons (Fsp3) is 0.250. The van der Waals surface area contributed by atoms with E-state index in [1.54, 1.807) is 25.1 Å². The van der Waals surface area contributed by atoms with Crippen molar-refractivity contribution in [3.63, 3.8) is 0 Å². The molecule has 9 heteroatoms. The molecule has 0 saturated carbocycles. The van der Waals surface area contributed by atoms with Gasteiger partial charge in [-0.25, -0.2) is 17.5 Å². The summed E-state index contributed by atoms with van der Waals surface area (Å²) in [7, 11) is -4.14. The molecule has 0 spiro atoms. The SMILES string of the molecule is CCOC(=O)c1ccc(NC(=O)C2CCC(=O)N2S(=O)(=O)c2ccccc2)cc1. The zero-order valence-electron chi connectivity index (χ0n) is 15.7. The van der Waals surface area contributed by atoms with E-state index in [4.69, 9.17) is 4.74 Å². The van der Waals surface area contributed by atoms with Crippen LogP contribution < -0.4 is 5.32 Å². The summed E-state index contributed by atoms with van der Waals surface area (Å²) in [5, 5.41) is 2.61. The Hall–Kier alpha value is -3.20. The Morgan fingerprint density at radius 3 is 2.38 bits per heavy atom.